The molecule has 1 aromatic carbocycles. The van der Waals surface area contributed by atoms with Crippen LogP contribution >= 0.6 is 0 Å². The van der Waals surface area contributed by atoms with Crippen LogP contribution in [-0.2, 0) is 4.74 Å². The minimum atomic E-state index is 0.0298. The highest BCUT2D eigenvalue weighted by atomic mass is 16.5. The lowest BCUT2D eigenvalue weighted by molar-refractivity contribution is 0.0302. The molecule has 1 aromatic rings. The van der Waals surface area contributed by atoms with Crippen molar-refractivity contribution in [2.75, 3.05) is 33.4 Å². The van der Waals surface area contributed by atoms with E-state index in [2.05, 4.69) is 0 Å². The largest absolute Gasteiger partial charge is 0.493 e. The zero-order chi connectivity index (χ0) is 15.4. The molecule has 1 aliphatic heterocycles. The Hall–Kier alpha value is -1.75. The molecule has 5 nitrogen and oxygen atoms in total. The molecule has 1 amide bonds. The van der Waals surface area contributed by atoms with Crippen LogP contribution in [0.5, 0.6) is 11.5 Å². The van der Waals surface area contributed by atoms with Crippen LogP contribution in [0.2, 0.25) is 0 Å². The molecule has 120 valence electrons. The predicted molar refractivity (Wildman–Crippen MR) is 82.6 cm³/mol. The summed E-state index contributed by atoms with van der Waals surface area (Å²) in [7, 11) is 1.63. The zero-order valence-corrected chi connectivity index (χ0v) is 13.0. The van der Waals surface area contributed by atoms with E-state index in [4.69, 9.17) is 14.2 Å². The van der Waals surface area contributed by atoms with E-state index >= 15 is 0 Å². The lowest BCUT2D eigenvalue weighted by Gasteiger charge is -2.27. The summed E-state index contributed by atoms with van der Waals surface area (Å²) >= 11 is 0. The molecular weight excluding hydrogens is 282 g/mol. The summed E-state index contributed by atoms with van der Waals surface area (Å²) in [6.07, 6.45) is 4.80. The molecule has 0 atom stereocenters. The highest BCUT2D eigenvalue weighted by molar-refractivity contribution is 5.95. The molecule has 22 heavy (non-hydrogen) atoms. The number of benzene rings is 1. The van der Waals surface area contributed by atoms with Crippen molar-refractivity contribution >= 4 is 5.91 Å². The molecule has 5 heteroatoms. The highest BCUT2D eigenvalue weighted by Gasteiger charge is 2.22. The number of ether oxygens (including phenoxy) is 3. The van der Waals surface area contributed by atoms with Gasteiger partial charge in [0.15, 0.2) is 11.5 Å². The van der Waals surface area contributed by atoms with Crippen molar-refractivity contribution in [2.45, 2.75) is 31.8 Å². The van der Waals surface area contributed by atoms with E-state index in [1.165, 1.54) is 12.8 Å². The third-order valence-corrected chi connectivity index (χ3v) is 4.30. The molecule has 1 heterocycles. The number of amides is 1. The molecule has 1 saturated heterocycles. The van der Waals surface area contributed by atoms with Crippen molar-refractivity contribution in [1.29, 1.82) is 0 Å². The van der Waals surface area contributed by atoms with Crippen LogP contribution in [0.15, 0.2) is 18.2 Å². The Balaban J connectivity index is 1.77. The van der Waals surface area contributed by atoms with Crippen LogP contribution < -0.4 is 9.47 Å². The third kappa shape index (κ3) is 3.35. The highest BCUT2D eigenvalue weighted by Crippen LogP contribution is 2.32. The standard InChI is InChI=1S/C17H23NO4/c1-20-15-7-6-13(17(19)18-8-10-21-11-9-18)12-16(15)22-14-4-2-3-5-14/h6-7,12,14H,2-5,8-11H2,1H3. The van der Waals surface area contributed by atoms with Gasteiger partial charge in [-0.2, -0.15) is 0 Å². The topological polar surface area (TPSA) is 48.0 Å². The Morgan fingerprint density at radius 1 is 1.18 bits per heavy atom. The van der Waals surface area contributed by atoms with Crippen LogP contribution in [0.3, 0.4) is 0 Å². The minimum absolute atomic E-state index is 0.0298. The molecule has 2 aliphatic rings. The predicted octanol–water partition coefficient (Wildman–Crippen LogP) is 2.49. The normalized spacial score (nSPS) is 19.2. The van der Waals surface area contributed by atoms with Crippen molar-refractivity contribution in [1.82, 2.24) is 4.90 Å². The Morgan fingerprint density at radius 3 is 2.59 bits per heavy atom. The Bertz CT molecular complexity index is 519. The van der Waals surface area contributed by atoms with E-state index in [9.17, 15) is 4.79 Å². The third-order valence-electron chi connectivity index (χ3n) is 4.30. The van der Waals surface area contributed by atoms with Crippen molar-refractivity contribution in [2.24, 2.45) is 0 Å². The molecular formula is C17H23NO4. The fourth-order valence-corrected chi connectivity index (χ4v) is 3.04. The van der Waals surface area contributed by atoms with E-state index in [0.29, 0.717) is 43.4 Å². The zero-order valence-electron chi connectivity index (χ0n) is 13.0. The van der Waals surface area contributed by atoms with E-state index in [1.807, 2.05) is 17.0 Å². The lowest BCUT2D eigenvalue weighted by atomic mass is 10.1. The molecule has 0 N–H and O–H groups in total. The molecule has 0 radical (unpaired) electrons. The number of morpholine rings is 1. The van der Waals surface area contributed by atoms with E-state index in [-0.39, 0.29) is 12.0 Å². The van der Waals surface area contributed by atoms with E-state index in [1.54, 1.807) is 13.2 Å². The summed E-state index contributed by atoms with van der Waals surface area (Å²) in [5.74, 6) is 1.39. The first-order valence-electron chi connectivity index (χ1n) is 7.99. The smallest absolute Gasteiger partial charge is 0.254 e. The average molecular weight is 305 g/mol. The summed E-state index contributed by atoms with van der Waals surface area (Å²) in [6.45, 7) is 2.49. The van der Waals surface area contributed by atoms with E-state index in [0.717, 1.165) is 12.8 Å². The fourth-order valence-electron chi connectivity index (χ4n) is 3.04. The second-order valence-electron chi connectivity index (χ2n) is 5.79. The number of carbonyl (C=O) groups is 1. The number of hydrogen-bond acceptors (Lipinski definition) is 4. The van der Waals surface area contributed by atoms with Crippen LogP contribution in [0.4, 0.5) is 0 Å². The molecule has 0 bridgehead atoms. The number of hydrogen-bond donors (Lipinski definition) is 0. The SMILES string of the molecule is COc1ccc(C(=O)N2CCOCC2)cc1OC1CCCC1. The maximum absolute atomic E-state index is 12.6. The summed E-state index contributed by atoms with van der Waals surface area (Å²) in [6, 6.07) is 5.44. The van der Waals surface area contributed by atoms with Gasteiger partial charge in [0.25, 0.3) is 5.91 Å². The summed E-state index contributed by atoms with van der Waals surface area (Å²) in [4.78, 5) is 14.4. The van der Waals surface area contributed by atoms with Gasteiger partial charge < -0.3 is 19.1 Å². The van der Waals surface area contributed by atoms with Crippen LogP contribution in [-0.4, -0.2) is 50.3 Å². The monoisotopic (exact) mass is 305 g/mol. The van der Waals surface area contributed by atoms with Gasteiger partial charge in [0, 0.05) is 18.7 Å². The maximum atomic E-state index is 12.6. The van der Waals surface area contributed by atoms with Crippen molar-refractivity contribution in [3.63, 3.8) is 0 Å². The van der Waals surface area contributed by atoms with Gasteiger partial charge in [0.2, 0.25) is 0 Å². The molecule has 1 saturated carbocycles. The van der Waals surface area contributed by atoms with Gasteiger partial charge in [-0.15, -0.1) is 0 Å². The number of nitrogens with zero attached hydrogens (tertiary/aromatic N) is 1. The summed E-state index contributed by atoms with van der Waals surface area (Å²) in [5.41, 5.74) is 0.649. The fraction of sp³-hybridized carbons (Fsp3) is 0.588. The molecule has 3 rings (SSSR count). The van der Waals surface area contributed by atoms with Gasteiger partial charge in [0.1, 0.15) is 0 Å². The van der Waals surface area contributed by atoms with Gasteiger partial charge in [-0.25, -0.2) is 0 Å². The first-order valence-corrected chi connectivity index (χ1v) is 7.99. The average Bonchev–Trinajstić information content (AvgIpc) is 3.08. The first kappa shape index (κ1) is 15.2. The molecule has 0 spiro atoms. The second-order valence-corrected chi connectivity index (χ2v) is 5.79. The Kier molecular flexibility index (Phi) is 4.83. The quantitative estimate of drug-likeness (QED) is 0.857. The van der Waals surface area contributed by atoms with Crippen molar-refractivity contribution < 1.29 is 19.0 Å². The van der Waals surface area contributed by atoms with Crippen LogP contribution in [0, 0.1) is 0 Å². The van der Waals surface area contributed by atoms with Gasteiger partial charge in [-0.05, 0) is 43.9 Å². The van der Waals surface area contributed by atoms with Crippen LogP contribution in [0.1, 0.15) is 36.0 Å². The van der Waals surface area contributed by atoms with Gasteiger partial charge >= 0.3 is 0 Å². The Morgan fingerprint density at radius 2 is 1.91 bits per heavy atom. The molecule has 0 aromatic heterocycles. The second kappa shape index (κ2) is 7.01. The minimum Gasteiger partial charge on any atom is -0.493 e. The van der Waals surface area contributed by atoms with Gasteiger partial charge in [-0.3, -0.25) is 4.79 Å². The van der Waals surface area contributed by atoms with Gasteiger partial charge in [0.05, 0.1) is 26.4 Å². The van der Waals surface area contributed by atoms with Crippen LogP contribution in [0.25, 0.3) is 0 Å². The van der Waals surface area contributed by atoms with Crippen molar-refractivity contribution in [3.05, 3.63) is 23.8 Å². The first-order chi connectivity index (χ1) is 10.8. The van der Waals surface area contributed by atoms with E-state index < -0.39 is 0 Å². The number of carbonyl (C=O) groups excluding carboxylic acids is 1. The number of rotatable bonds is 4. The maximum Gasteiger partial charge on any atom is 0.254 e. The number of methoxy groups -OCH3 is 1. The van der Waals surface area contributed by atoms with Gasteiger partial charge in [-0.1, -0.05) is 0 Å². The summed E-state index contributed by atoms with van der Waals surface area (Å²) < 4.78 is 16.7. The molecule has 1 aliphatic carbocycles. The summed E-state index contributed by atoms with van der Waals surface area (Å²) in [5, 5.41) is 0. The van der Waals surface area contributed by atoms with Crippen molar-refractivity contribution in [3.8, 4) is 11.5 Å². The molecule has 2 fully saturated rings. The Labute approximate surface area is 131 Å². The molecule has 0 unspecified atom stereocenters. The lowest BCUT2D eigenvalue weighted by Crippen LogP contribution is -2.40.